The number of hydrogen-bond donors (Lipinski definition) is 0. The van der Waals surface area contributed by atoms with Gasteiger partial charge in [0.25, 0.3) is 0 Å². The summed E-state index contributed by atoms with van der Waals surface area (Å²) in [6, 6.07) is 1.20. The number of halogens is 1. The van der Waals surface area contributed by atoms with Gasteiger partial charge >= 0.3 is 5.97 Å². The molecule has 0 aliphatic carbocycles. The van der Waals surface area contributed by atoms with Crippen LogP contribution in [0, 0.1) is 12.7 Å². The highest BCUT2D eigenvalue weighted by Gasteiger charge is 2.12. The van der Waals surface area contributed by atoms with Crippen molar-refractivity contribution in [3.05, 3.63) is 29.3 Å². The molecule has 3 nitrogen and oxygen atoms in total. The number of esters is 1. The average molecular weight is 183 g/mol. The molecular weight excluding hydrogens is 173 g/mol. The van der Waals surface area contributed by atoms with Crippen molar-refractivity contribution in [3.63, 3.8) is 0 Å². The number of aromatic nitrogens is 1. The molecule has 0 bridgehead atoms. The van der Waals surface area contributed by atoms with Crippen LogP contribution in [-0.2, 0) is 4.74 Å². The smallest absolute Gasteiger partial charge is 0.342 e. The Kier molecular flexibility index (Phi) is 2.95. The number of ether oxygens (including phenoxy) is 1. The van der Waals surface area contributed by atoms with Gasteiger partial charge in [-0.05, 0) is 19.9 Å². The largest absolute Gasteiger partial charge is 0.462 e. The third-order valence-electron chi connectivity index (χ3n) is 1.49. The summed E-state index contributed by atoms with van der Waals surface area (Å²) in [7, 11) is 0. The van der Waals surface area contributed by atoms with Gasteiger partial charge in [-0.1, -0.05) is 0 Å². The molecule has 0 aliphatic heterocycles. The molecule has 0 aliphatic rings. The van der Waals surface area contributed by atoms with Crippen LogP contribution < -0.4 is 0 Å². The maximum atomic E-state index is 13.1. The third kappa shape index (κ3) is 2.24. The molecule has 1 rings (SSSR count). The van der Waals surface area contributed by atoms with Crippen molar-refractivity contribution in [1.29, 1.82) is 0 Å². The van der Waals surface area contributed by atoms with E-state index in [0.717, 1.165) is 0 Å². The number of pyridine rings is 1. The van der Waals surface area contributed by atoms with Crippen LogP contribution in [0.15, 0.2) is 12.3 Å². The van der Waals surface area contributed by atoms with E-state index in [0.29, 0.717) is 5.69 Å². The molecule has 0 atom stereocenters. The van der Waals surface area contributed by atoms with Gasteiger partial charge in [0.1, 0.15) is 11.4 Å². The molecule has 0 unspecified atom stereocenters. The van der Waals surface area contributed by atoms with Gasteiger partial charge in [-0.2, -0.15) is 0 Å². The molecule has 1 aromatic heterocycles. The Morgan fingerprint density at radius 3 is 2.92 bits per heavy atom. The quantitative estimate of drug-likeness (QED) is 0.655. The van der Waals surface area contributed by atoms with Crippen LogP contribution in [0.1, 0.15) is 23.0 Å². The number of nitrogens with zero attached hydrogens (tertiary/aromatic N) is 1. The molecule has 1 heterocycles. The highest BCUT2D eigenvalue weighted by Crippen LogP contribution is 2.08. The molecule has 0 amide bonds. The van der Waals surface area contributed by atoms with Crippen molar-refractivity contribution in [1.82, 2.24) is 4.98 Å². The maximum Gasteiger partial charge on any atom is 0.342 e. The molecule has 0 aromatic carbocycles. The Morgan fingerprint density at radius 2 is 2.38 bits per heavy atom. The van der Waals surface area contributed by atoms with Crippen molar-refractivity contribution in [3.8, 4) is 0 Å². The average Bonchev–Trinajstić information content (AvgIpc) is 2.04. The Morgan fingerprint density at radius 1 is 1.69 bits per heavy atom. The Balaban J connectivity index is 2.95. The van der Waals surface area contributed by atoms with Gasteiger partial charge < -0.3 is 4.74 Å². The maximum absolute atomic E-state index is 13.1. The highest BCUT2D eigenvalue weighted by atomic mass is 19.1. The van der Waals surface area contributed by atoms with Crippen LogP contribution in [0.5, 0.6) is 0 Å². The van der Waals surface area contributed by atoms with E-state index in [2.05, 4.69) is 9.72 Å². The fourth-order valence-electron chi connectivity index (χ4n) is 0.885. The molecule has 0 N–H and O–H groups in total. The van der Waals surface area contributed by atoms with Crippen LogP contribution in [-0.4, -0.2) is 17.6 Å². The first-order valence-electron chi connectivity index (χ1n) is 3.94. The van der Waals surface area contributed by atoms with E-state index in [9.17, 15) is 9.18 Å². The second-order valence-electron chi connectivity index (χ2n) is 2.53. The van der Waals surface area contributed by atoms with Crippen LogP contribution in [0.2, 0.25) is 0 Å². The van der Waals surface area contributed by atoms with E-state index in [1.807, 2.05) is 0 Å². The minimum absolute atomic E-state index is 0.118. The normalized spacial score (nSPS) is 9.77. The fraction of sp³-hybridized carbons (Fsp3) is 0.333. The number of aryl methyl sites for hydroxylation is 1. The van der Waals surface area contributed by atoms with Crippen LogP contribution in [0.3, 0.4) is 0 Å². The molecule has 0 spiro atoms. The van der Waals surface area contributed by atoms with Crippen molar-refractivity contribution in [2.75, 3.05) is 6.61 Å². The molecule has 0 saturated heterocycles. The summed E-state index contributed by atoms with van der Waals surface area (Å²) >= 11 is 0. The number of hydrogen-bond acceptors (Lipinski definition) is 3. The lowest BCUT2D eigenvalue weighted by Crippen LogP contribution is -2.08. The minimum atomic E-state index is -0.674. The first-order chi connectivity index (χ1) is 6.15. The summed E-state index contributed by atoms with van der Waals surface area (Å²) in [5, 5.41) is 0. The molecule has 0 saturated carbocycles. The summed E-state index contributed by atoms with van der Waals surface area (Å²) in [4.78, 5) is 14.9. The number of carbonyl (C=O) groups excluding carboxylic acids is 1. The molecular formula is C9H10FNO2. The number of rotatable bonds is 2. The van der Waals surface area contributed by atoms with Gasteiger partial charge in [-0.25, -0.2) is 9.18 Å². The molecule has 1 aromatic rings. The van der Waals surface area contributed by atoms with Gasteiger partial charge in [-0.15, -0.1) is 0 Å². The zero-order valence-electron chi connectivity index (χ0n) is 7.50. The second kappa shape index (κ2) is 3.98. The Labute approximate surface area is 75.6 Å². The van der Waals surface area contributed by atoms with Crippen LogP contribution in [0.25, 0.3) is 0 Å². The van der Waals surface area contributed by atoms with E-state index < -0.39 is 11.8 Å². The molecule has 70 valence electrons. The minimum Gasteiger partial charge on any atom is -0.462 e. The van der Waals surface area contributed by atoms with Crippen molar-refractivity contribution in [2.45, 2.75) is 13.8 Å². The van der Waals surface area contributed by atoms with E-state index in [1.54, 1.807) is 13.8 Å². The lowest BCUT2D eigenvalue weighted by atomic mass is 10.2. The van der Waals surface area contributed by atoms with Crippen LogP contribution >= 0.6 is 0 Å². The van der Waals surface area contributed by atoms with Crippen molar-refractivity contribution in [2.24, 2.45) is 0 Å². The fourth-order valence-corrected chi connectivity index (χ4v) is 0.885. The zero-order chi connectivity index (χ0) is 9.84. The zero-order valence-corrected chi connectivity index (χ0v) is 7.50. The predicted molar refractivity (Wildman–Crippen MR) is 44.9 cm³/mol. The molecule has 13 heavy (non-hydrogen) atoms. The topological polar surface area (TPSA) is 39.2 Å². The highest BCUT2D eigenvalue weighted by molar-refractivity contribution is 5.89. The monoisotopic (exact) mass is 183 g/mol. The van der Waals surface area contributed by atoms with Gasteiger partial charge in [0.15, 0.2) is 0 Å². The van der Waals surface area contributed by atoms with Crippen LogP contribution in [0.4, 0.5) is 4.39 Å². The predicted octanol–water partition coefficient (Wildman–Crippen LogP) is 1.71. The molecule has 0 radical (unpaired) electrons. The summed E-state index contributed by atoms with van der Waals surface area (Å²) in [5.74, 6) is -1.27. The summed E-state index contributed by atoms with van der Waals surface area (Å²) in [6.45, 7) is 3.54. The lowest BCUT2D eigenvalue weighted by molar-refractivity contribution is 0.0520. The first-order valence-corrected chi connectivity index (χ1v) is 3.94. The third-order valence-corrected chi connectivity index (χ3v) is 1.49. The lowest BCUT2D eigenvalue weighted by Gasteiger charge is -2.02. The molecule has 0 fully saturated rings. The van der Waals surface area contributed by atoms with E-state index in [4.69, 9.17) is 0 Å². The summed E-state index contributed by atoms with van der Waals surface area (Å²) < 4.78 is 17.7. The first kappa shape index (κ1) is 9.64. The van der Waals surface area contributed by atoms with Crippen molar-refractivity contribution < 1.29 is 13.9 Å². The Bertz CT molecular complexity index is 325. The van der Waals surface area contributed by atoms with E-state index >= 15 is 0 Å². The van der Waals surface area contributed by atoms with E-state index in [1.165, 1.54) is 12.3 Å². The van der Waals surface area contributed by atoms with Gasteiger partial charge in [0, 0.05) is 11.9 Å². The van der Waals surface area contributed by atoms with Crippen molar-refractivity contribution >= 4 is 5.97 Å². The SMILES string of the molecule is CCOC(=O)c1cnc(C)cc1F. The summed E-state index contributed by atoms with van der Waals surface area (Å²) in [5.41, 5.74) is 0.415. The second-order valence-corrected chi connectivity index (χ2v) is 2.53. The standard InChI is InChI=1S/C9H10FNO2/c1-3-13-9(12)7-5-11-6(2)4-8(7)10/h4-5H,3H2,1-2H3. The Hall–Kier alpha value is -1.45. The van der Waals surface area contributed by atoms with Gasteiger partial charge in [-0.3, -0.25) is 4.98 Å². The van der Waals surface area contributed by atoms with Gasteiger partial charge in [0.2, 0.25) is 0 Å². The van der Waals surface area contributed by atoms with E-state index in [-0.39, 0.29) is 12.2 Å². The number of carbonyl (C=O) groups is 1. The molecule has 4 heteroatoms. The summed E-state index contributed by atoms with van der Waals surface area (Å²) in [6.07, 6.45) is 1.18. The van der Waals surface area contributed by atoms with Gasteiger partial charge in [0.05, 0.1) is 6.61 Å².